The van der Waals surface area contributed by atoms with Gasteiger partial charge in [-0.3, -0.25) is 4.68 Å². The van der Waals surface area contributed by atoms with Crippen LogP contribution in [0.5, 0.6) is 0 Å². The van der Waals surface area contributed by atoms with Gasteiger partial charge in [-0.25, -0.2) is 4.79 Å². The Labute approximate surface area is 102 Å². The molecular weight excluding hydrogens is 216 g/mol. The molecule has 1 aromatic heterocycles. The van der Waals surface area contributed by atoms with Gasteiger partial charge >= 0.3 is 5.97 Å². The highest BCUT2D eigenvalue weighted by Crippen LogP contribution is 2.42. The number of carbonyl (C=O) groups excluding carboxylic acids is 1. The molecule has 4 nitrogen and oxygen atoms in total. The Morgan fingerprint density at radius 1 is 1.59 bits per heavy atom. The van der Waals surface area contributed by atoms with Crippen molar-refractivity contribution in [1.29, 1.82) is 0 Å². The third-order valence-corrected chi connectivity index (χ3v) is 2.88. The maximum absolute atomic E-state index is 11.8. The monoisotopic (exact) mass is 236 g/mol. The SMILES string of the molecule is CCOC(=O)c1cnn(CC(C)C)c1C1CC1. The van der Waals surface area contributed by atoms with Crippen molar-refractivity contribution in [1.82, 2.24) is 9.78 Å². The van der Waals surface area contributed by atoms with Crippen LogP contribution in [-0.2, 0) is 11.3 Å². The zero-order chi connectivity index (χ0) is 12.4. The first-order valence-corrected chi connectivity index (χ1v) is 6.36. The fourth-order valence-corrected chi connectivity index (χ4v) is 2.04. The van der Waals surface area contributed by atoms with Gasteiger partial charge in [-0.05, 0) is 25.7 Å². The van der Waals surface area contributed by atoms with Gasteiger partial charge in [0.25, 0.3) is 0 Å². The molecule has 0 amide bonds. The standard InChI is InChI=1S/C13H20N2O2/c1-4-17-13(16)11-7-14-15(8-9(2)3)12(11)10-5-6-10/h7,9-10H,4-6,8H2,1-3H3. The summed E-state index contributed by atoms with van der Waals surface area (Å²) in [4.78, 5) is 11.8. The van der Waals surface area contributed by atoms with Gasteiger partial charge in [-0.1, -0.05) is 13.8 Å². The van der Waals surface area contributed by atoms with E-state index in [9.17, 15) is 4.79 Å². The Morgan fingerprint density at radius 3 is 2.82 bits per heavy atom. The second-order valence-electron chi connectivity index (χ2n) is 5.01. The van der Waals surface area contributed by atoms with E-state index in [1.165, 1.54) is 0 Å². The van der Waals surface area contributed by atoms with Crippen LogP contribution in [0.25, 0.3) is 0 Å². The van der Waals surface area contributed by atoms with E-state index in [0.29, 0.717) is 24.0 Å². The highest BCUT2D eigenvalue weighted by atomic mass is 16.5. The lowest BCUT2D eigenvalue weighted by molar-refractivity contribution is 0.0524. The van der Waals surface area contributed by atoms with Crippen molar-refractivity contribution in [2.75, 3.05) is 6.61 Å². The van der Waals surface area contributed by atoms with Crippen LogP contribution in [0.4, 0.5) is 0 Å². The lowest BCUT2D eigenvalue weighted by Crippen LogP contribution is -2.12. The van der Waals surface area contributed by atoms with Crippen LogP contribution in [-0.4, -0.2) is 22.4 Å². The van der Waals surface area contributed by atoms with Crippen LogP contribution in [0.15, 0.2) is 6.20 Å². The highest BCUT2D eigenvalue weighted by Gasteiger charge is 2.32. The van der Waals surface area contributed by atoms with Crippen LogP contribution in [0.3, 0.4) is 0 Å². The molecule has 1 aliphatic carbocycles. The fraction of sp³-hybridized carbons (Fsp3) is 0.692. The summed E-state index contributed by atoms with van der Waals surface area (Å²) in [6, 6.07) is 0. The van der Waals surface area contributed by atoms with Gasteiger partial charge in [0, 0.05) is 12.5 Å². The van der Waals surface area contributed by atoms with Crippen LogP contribution >= 0.6 is 0 Å². The maximum atomic E-state index is 11.8. The van der Waals surface area contributed by atoms with Gasteiger partial charge in [0.1, 0.15) is 5.56 Å². The first-order chi connectivity index (χ1) is 8.13. The number of esters is 1. The predicted octanol–water partition coefficient (Wildman–Crippen LogP) is 2.59. The largest absolute Gasteiger partial charge is 0.462 e. The summed E-state index contributed by atoms with van der Waals surface area (Å²) in [6.07, 6.45) is 3.99. The average Bonchev–Trinajstić information content (AvgIpc) is 3.00. The zero-order valence-electron chi connectivity index (χ0n) is 10.8. The molecule has 0 atom stereocenters. The fourth-order valence-electron chi connectivity index (χ4n) is 2.04. The first-order valence-electron chi connectivity index (χ1n) is 6.36. The lowest BCUT2D eigenvalue weighted by atomic mass is 10.1. The molecule has 0 spiro atoms. The molecule has 0 N–H and O–H groups in total. The summed E-state index contributed by atoms with van der Waals surface area (Å²) in [7, 11) is 0. The van der Waals surface area contributed by atoms with Crippen LogP contribution in [0, 0.1) is 5.92 Å². The second-order valence-corrected chi connectivity index (χ2v) is 5.01. The van der Waals surface area contributed by atoms with E-state index in [4.69, 9.17) is 4.74 Å². The average molecular weight is 236 g/mol. The van der Waals surface area contributed by atoms with Crippen LogP contribution in [0.2, 0.25) is 0 Å². The molecule has 17 heavy (non-hydrogen) atoms. The third kappa shape index (κ3) is 2.68. The molecule has 0 aromatic carbocycles. The number of carbonyl (C=O) groups is 1. The highest BCUT2D eigenvalue weighted by molar-refractivity contribution is 5.90. The maximum Gasteiger partial charge on any atom is 0.341 e. The van der Waals surface area contributed by atoms with Gasteiger partial charge < -0.3 is 4.74 Å². The van der Waals surface area contributed by atoms with Gasteiger partial charge in [0.2, 0.25) is 0 Å². The number of hydrogen-bond donors (Lipinski definition) is 0. The molecule has 1 saturated carbocycles. The molecular formula is C13H20N2O2. The van der Waals surface area contributed by atoms with Crippen molar-refractivity contribution in [3.63, 3.8) is 0 Å². The molecule has 1 aromatic rings. The summed E-state index contributed by atoms with van der Waals surface area (Å²) >= 11 is 0. The van der Waals surface area contributed by atoms with Crippen molar-refractivity contribution in [2.45, 2.75) is 46.1 Å². The minimum atomic E-state index is -0.232. The Kier molecular flexibility index (Phi) is 3.50. The van der Waals surface area contributed by atoms with Crippen LogP contribution < -0.4 is 0 Å². The molecule has 0 aliphatic heterocycles. The minimum absolute atomic E-state index is 0.232. The quantitative estimate of drug-likeness (QED) is 0.738. The van der Waals surface area contributed by atoms with E-state index in [2.05, 4.69) is 18.9 Å². The van der Waals surface area contributed by atoms with E-state index in [1.54, 1.807) is 6.20 Å². The molecule has 94 valence electrons. The van der Waals surface area contributed by atoms with Crippen molar-refractivity contribution in [3.05, 3.63) is 17.5 Å². The summed E-state index contributed by atoms with van der Waals surface area (Å²) < 4.78 is 7.05. The number of rotatable bonds is 5. The first kappa shape index (κ1) is 12.1. The second kappa shape index (κ2) is 4.90. The number of nitrogens with zero attached hydrogens (tertiary/aromatic N) is 2. The minimum Gasteiger partial charge on any atom is -0.462 e. The van der Waals surface area contributed by atoms with Crippen molar-refractivity contribution < 1.29 is 9.53 Å². The van der Waals surface area contributed by atoms with E-state index < -0.39 is 0 Å². The Hall–Kier alpha value is -1.32. The van der Waals surface area contributed by atoms with Crippen molar-refractivity contribution in [3.8, 4) is 0 Å². The topological polar surface area (TPSA) is 44.1 Å². The third-order valence-electron chi connectivity index (χ3n) is 2.88. The number of hydrogen-bond acceptors (Lipinski definition) is 3. The Balaban J connectivity index is 2.26. The molecule has 2 rings (SSSR count). The van der Waals surface area contributed by atoms with Crippen molar-refractivity contribution in [2.24, 2.45) is 5.92 Å². The van der Waals surface area contributed by atoms with Gasteiger partial charge in [0.15, 0.2) is 0 Å². The van der Waals surface area contributed by atoms with Gasteiger partial charge in [-0.2, -0.15) is 5.10 Å². The zero-order valence-corrected chi connectivity index (χ0v) is 10.8. The molecule has 1 fully saturated rings. The number of ether oxygens (including phenoxy) is 1. The molecule has 4 heteroatoms. The van der Waals surface area contributed by atoms with E-state index in [-0.39, 0.29) is 5.97 Å². The predicted molar refractivity (Wildman–Crippen MR) is 65.0 cm³/mol. The normalized spacial score (nSPS) is 15.3. The summed E-state index contributed by atoms with van der Waals surface area (Å²) in [5.74, 6) is 0.808. The van der Waals surface area contributed by atoms with Gasteiger partial charge in [0.05, 0.1) is 18.5 Å². The molecule has 1 aliphatic rings. The van der Waals surface area contributed by atoms with E-state index >= 15 is 0 Å². The van der Waals surface area contributed by atoms with E-state index in [1.807, 2.05) is 11.6 Å². The molecule has 0 bridgehead atoms. The van der Waals surface area contributed by atoms with Crippen molar-refractivity contribution >= 4 is 5.97 Å². The lowest BCUT2D eigenvalue weighted by Gasteiger charge is -2.10. The molecule has 0 saturated heterocycles. The summed E-state index contributed by atoms with van der Waals surface area (Å²) in [5.41, 5.74) is 1.74. The number of aromatic nitrogens is 2. The Morgan fingerprint density at radius 2 is 2.29 bits per heavy atom. The summed E-state index contributed by atoms with van der Waals surface area (Å²) in [6.45, 7) is 7.42. The summed E-state index contributed by atoms with van der Waals surface area (Å²) in [5, 5.41) is 4.34. The smallest absolute Gasteiger partial charge is 0.341 e. The molecule has 0 unspecified atom stereocenters. The van der Waals surface area contributed by atoms with Gasteiger partial charge in [-0.15, -0.1) is 0 Å². The molecule has 1 heterocycles. The van der Waals surface area contributed by atoms with E-state index in [0.717, 1.165) is 25.1 Å². The molecule has 0 radical (unpaired) electrons. The van der Waals surface area contributed by atoms with Crippen LogP contribution in [0.1, 0.15) is 55.6 Å². The Bertz CT molecular complexity index is 406.